The summed E-state index contributed by atoms with van der Waals surface area (Å²) in [4.78, 5) is 7.96. The fourth-order valence-corrected chi connectivity index (χ4v) is 1.18. The van der Waals surface area contributed by atoms with Crippen LogP contribution in [0.4, 0.5) is 0 Å². The molecule has 0 bridgehead atoms. The molecule has 0 radical (unpaired) electrons. The summed E-state index contributed by atoms with van der Waals surface area (Å²) in [5.74, 6) is 0. The van der Waals surface area contributed by atoms with Crippen LogP contribution >= 0.6 is 0 Å². The largest absolute Gasteiger partial charge is 0.309 e. The summed E-state index contributed by atoms with van der Waals surface area (Å²) in [6.45, 7) is 2.40. The van der Waals surface area contributed by atoms with E-state index in [2.05, 4.69) is 25.6 Å². The lowest BCUT2D eigenvalue weighted by molar-refractivity contribution is 0.537. The van der Waals surface area contributed by atoms with Gasteiger partial charge in [0, 0.05) is 25.5 Å². The molecule has 0 spiro atoms. The van der Waals surface area contributed by atoms with Crippen molar-refractivity contribution in [3.8, 4) is 0 Å². The van der Waals surface area contributed by atoms with Crippen LogP contribution in [0.3, 0.4) is 0 Å². The Morgan fingerprint density at radius 1 is 1.33 bits per heavy atom. The van der Waals surface area contributed by atoms with Gasteiger partial charge in [-0.3, -0.25) is 4.68 Å². The minimum atomic E-state index is 0.747. The molecule has 0 amide bonds. The van der Waals surface area contributed by atoms with Gasteiger partial charge in [0.25, 0.3) is 0 Å². The van der Waals surface area contributed by atoms with Crippen molar-refractivity contribution in [2.45, 2.75) is 13.1 Å². The van der Waals surface area contributed by atoms with E-state index in [-0.39, 0.29) is 0 Å². The first-order chi connectivity index (χ1) is 7.45. The van der Waals surface area contributed by atoms with Crippen LogP contribution in [0.2, 0.25) is 0 Å². The van der Waals surface area contributed by atoms with Crippen molar-refractivity contribution in [1.82, 2.24) is 30.3 Å². The van der Waals surface area contributed by atoms with Crippen LogP contribution in [0.15, 0.2) is 31.0 Å². The van der Waals surface area contributed by atoms with Crippen LogP contribution in [0.5, 0.6) is 0 Å². The second-order valence-corrected chi connectivity index (χ2v) is 3.04. The summed E-state index contributed by atoms with van der Waals surface area (Å²) in [6, 6.07) is 1.89. The SMILES string of the molecule is c1cc(CNCCn2ccnn2)ncn1. The minimum absolute atomic E-state index is 0.747. The number of rotatable bonds is 5. The predicted octanol–water partition coefficient (Wildman–Crippen LogP) is -0.142. The van der Waals surface area contributed by atoms with E-state index in [0.29, 0.717) is 0 Å². The first-order valence-corrected chi connectivity index (χ1v) is 4.75. The molecule has 6 nitrogen and oxygen atoms in total. The van der Waals surface area contributed by atoms with Crippen LogP contribution in [-0.2, 0) is 13.1 Å². The standard InChI is InChI=1S/C9H12N6/c1-2-11-8-12-9(1)7-10-3-5-15-6-4-13-14-15/h1-2,4,6,8,10H,3,5,7H2. The zero-order chi connectivity index (χ0) is 10.3. The maximum Gasteiger partial charge on any atom is 0.115 e. The number of nitrogens with zero attached hydrogens (tertiary/aromatic N) is 5. The van der Waals surface area contributed by atoms with Gasteiger partial charge in [0.1, 0.15) is 6.33 Å². The fourth-order valence-electron chi connectivity index (χ4n) is 1.18. The molecule has 0 fully saturated rings. The first-order valence-electron chi connectivity index (χ1n) is 4.75. The van der Waals surface area contributed by atoms with E-state index in [1.54, 1.807) is 23.4 Å². The van der Waals surface area contributed by atoms with E-state index in [0.717, 1.165) is 25.3 Å². The van der Waals surface area contributed by atoms with Crippen molar-refractivity contribution < 1.29 is 0 Å². The van der Waals surface area contributed by atoms with Gasteiger partial charge in [-0.15, -0.1) is 5.10 Å². The molecule has 2 aromatic heterocycles. The molecule has 2 rings (SSSR count). The van der Waals surface area contributed by atoms with E-state index >= 15 is 0 Å². The maximum atomic E-state index is 4.10. The number of hydrogen-bond donors (Lipinski definition) is 1. The highest BCUT2D eigenvalue weighted by Crippen LogP contribution is 1.89. The summed E-state index contributed by atoms with van der Waals surface area (Å²) >= 11 is 0. The molecule has 2 aromatic rings. The Labute approximate surface area is 87.4 Å². The Hall–Kier alpha value is -1.82. The third-order valence-electron chi connectivity index (χ3n) is 1.94. The smallest absolute Gasteiger partial charge is 0.115 e. The third kappa shape index (κ3) is 3.10. The van der Waals surface area contributed by atoms with Crippen LogP contribution in [-0.4, -0.2) is 31.5 Å². The number of hydrogen-bond acceptors (Lipinski definition) is 5. The summed E-state index contributed by atoms with van der Waals surface area (Å²) in [5, 5.41) is 10.8. The summed E-state index contributed by atoms with van der Waals surface area (Å²) in [5.41, 5.74) is 0.989. The molecule has 0 unspecified atom stereocenters. The molecule has 6 heteroatoms. The zero-order valence-corrected chi connectivity index (χ0v) is 8.24. The van der Waals surface area contributed by atoms with Crippen molar-refractivity contribution in [1.29, 1.82) is 0 Å². The van der Waals surface area contributed by atoms with Crippen LogP contribution < -0.4 is 5.32 Å². The van der Waals surface area contributed by atoms with Gasteiger partial charge >= 0.3 is 0 Å². The van der Waals surface area contributed by atoms with Crippen LogP contribution in [0.25, 0.3) is 0 Å². The van der Waals surface area contributed by atoms with Crippen molar-refractivity contribution in [3.05, 3.63) is 36.7 Å². The van der Waals surface area contributed by atoms with Crippen molar-refractivity contribution >= 4 is 0 Å². The lowest BCUT2D eigenvalue weighted by Crippen LogP contribution is -2.20. The number of nitrogens with one attached hydrogen (secondary N) is 1. The summed E-state index contributed by atoms with van der Waals surface area (Å²) in [6.07, 6.45) is 6.80. The van der Waals surface area contributed by atoms with Gasteiger partial charge in [0.2, 0.25) is 0 Å². The minimum Gasteiger partial charge on any atom is -0.309 e. The second kappa shape index (κ2) is 5.16. The predicted molar refractivity (Wildman–Crippen MR) is 53.8 cm³/mol. The average Bonchev–Trinajstić information content (AvgIpc) is 2.79. The van der Waals surface area contributed by atoms with Gasteiger partial charge in [0.05, 0.1) is 18.4 Å². The maximum absolute atomic E-state index is 4.10. The monoisotopic (exact) mass is 204 g/mol. The van der Waals surface area contributed by atoms with E-state index in [9.17, 15) is 0 Å². The van der Waals surface area contributed by atoms with Gasteiger partial charge in [-0.05, 0) is 6.07 Å². The molecule has 0 atom stereocenters. The van der Waals surface area contributed by atoms with Crippen molar-refractivity contribution in [2.75, 3.05) is 6.54 Å². The molecule has 1 N–H and O–H groups in total. The average molecular weight is 204 g/mol. The Kier molecular flexibility index (Phi) is 3.34. The Morgan fingerprint density at radius 2 is 2.33 bits per heavy atom. The highest BCUT2D eigenvalue weighted by Gasteiger charge is 1.93. The third-order valence-corrected chi connectivity index (χ3v) is 1.94. The molecular formula is C9H12N6. The lowest BCUT2D eigenvalue weighted by atomic mass is 10.4. The van der Waals surface area contributed by atoms with E-state index in [4.69, 9.17) is 0 Å². The molecule has 0 aromatic carbocycles. The Morgan fingerprint density at radius 3 is 3.07 bits per heavy atom. The van der Waals surface area contributed by atoms with E-state index in [1.807, 2.05) is 12.3 Å². The van der Waals surface area contributed by atoms with Gasteiger partial charge in [-0.25, -0.2) is 9.97 Å². The normalized spacial score (nSPS) is 10.4. The molecule has 0 aliphatic heterocycles. The lowest BCUT2D eigenvalue weighted by Gasteiger charge is -2.03. The van der Waals surface area contributed by atoms with E-state index < -0.39 is 0 Å². The summed E-state index contributed by atoms with van der Waals surface area (Å²) < 4.78 is 1.78. The topological polar surface area (TPSA) is 68.5 Å². The van der Waals surface area contributed by atoms with Crippen LogP contribution in [0.1, 0.15) is 5.69 Å². The quantitative estimate of drug-likeness (QED) is 0.686. The fraction of sp³-hybridized carbons (Fsp3) is 0.333. The zero-order valence-electron chi connectivity index (χ0n) is 8.24. The molecule has 2 heterocycles. The van der Waals surface area contributed by atoms with Crippen LogP contribution in [0, 0.1) is 0 Å². The second-order valence-electron chi connectivity index (χ2n) is 3.04. The van der Waals surface area contributed by atoms with Gasteiger partial charge in [-0.2, -0.15) is 0 Å². The Bertz CT molecular complexity index is 371. The van der Waals surface area contributed by atoms with Gasteiger partial charge in [-0.1, -0.05) is 5.21 Å². The van der Waals surface area contributed by atoms with Crippen molar-refractivity contribution in [3.63, 3.8) is 0 Å². The molecule has 78 valence electrons. The van der Waals surface area contributed by atoms with E-state index in [1.165, 1.54) is 0 Å². The van der Waals surface area contributed by atoms with Gasteiger partial charge in [0.15, 0.2) is 0 Å². The molecule has 0 saturated heterocycles. The highest BCUT2D eigenvalue weighted by molar-refractivity contribution is 4.96. The Balaban J connectivity index is 1.68. The first kappa shape index (κ1) is 9.72. The summed E-state index contributed by atoms with van der Waals surface area (Å²) in [7, 11) is 0. The highest BCUT2D eigenvalue weighted by atomic mass is 15.4. The molecular weight excluding hydrogens is 192 g/mol. The molecule has 0 aliphatic carbocycles. The molecule has 0 saturated carbocycles. The van der Waals surface area contributed by atoms with Gasteiger partial charge < -0.3 is 5.32 Å². The van der Waals surface area contributed by atoms with Crippen molar-refractivity contribution in [2.24, 2.45) is 0 Å². The molecule has 15 heavy (non-hydrogen) atoms. The number of aromatic nitrogens is 5. The molecule has 0 aliphatic rings.